The van der Waals surface area contributed by atoms with Crippen molar-refractivity contribution in [2.75, 3.05) is 27.3 Å². The van der Waals surface area contributed by atoms with Gasteiger partial charge in [0.25, 0.3) is 0 Å². The molecule has 3 aromatic rings. The summed E-state index contributed by atoms with van der Waals surface area (Å²) in [5.41, 5.74) is 1.88. The molecule has 0 spiro atoms. The molecule has 29 heavy (non-hydrogen) atoms. The number of nitrogens with zero attached hydrogens (tertiary/aromatic N) is 4. The number of carbonyl (C=O) groups excluding carboxylic acids is 1. The highest BCUT2D eigenvalue weighted by Gasteiger charge is 2.27. The molecule has 4 rings (SSSR count). The van der Waals surface area contributed by atoms with Gasteiger partial charge < -0.3 is 14.4 Å². The Labute approximate surface area is 170 Å². The summed E-state index contributed by atoms with van der Waals surface area (Å²) in [7, 11) is 3.26. The molecule has 1 aliphatic rings. The second-order valence-electron chi connectivity index (χ2n) is 7.39. The number of aromatic nitrogens is 3. The Balaban J connectivity index is 1.41. The van der Waals surface area contributed by atoms with E-state index >= 15 is 0 Å². The van der Waals surface area contributed by atoms with Crippen molar-refractivity contribution in [3.05, 3.63) is 54.0 Å². The van der Waals surface area contributed by atoms with E-state index in [0.29, 0.717) is 19.4 Å². The summed E-state index contributed by atoms with van der Waals surface area (Å²) in [4.78, 5) is 14.8. The van der Waals surface area contributed by atoms with E-state index in [1.54, 1.807) is 14.2 Å². The number of hydrogen-bond acceptors (Lipinski definition) is 5. The van der Waals surface area contributed by atoms with Crippen molar-refractivity contribution < 1.29 is 14.3 Å². The molecule has 152 valence electrons. The topological polar surface area (TPSA) is 69.0 Å². The number of aryl methyl sites for hydroxylation is 1. The molecule has 0 aliphatic carbocycles. The average molecular weight is 394 g/mol. The van der Waals surface area contributed by atoms with Gasteiger partial charge in [0.15, 0.2) is 5.65 Å². The zero-order valence-corrected chi connectivity index (χ0v) is 16.9. The number of rotatable bonds is 6. The normalized spacial score (nSPS) is 16.8. The van der Waals surface area contributed by atoms with Crippen LogP contribution in [0.5, 0.6) is 11.5 Å². The van der Waals surface area contributed by atoms with Gasteiger partial charge in [0, 0.05) is 37.7 Å². The van der Waals surface area contributed by atoms with Crippen LogP contribution in [0.2, 0.25) is 0 Å². The monoisotopic (exact) mass is 394 g/mol. The average Bonchev–Trinajstić information content (AvgIpc) is 3.21. The third-order valence-corrected chi connectivity index (χ3v) is 5.52. The van der Waals surface area contributed by atoms with Crippen LogP contribution in [0.1, 0.15) is 36.6 Å². The van der Waals surface area contributed by atoms with Gasteiger partial charge in [-0.05, 0) is 49.1 Å². The van der Waals surface area contributed by atoms with E-state index in [-0.39, 0.29) is 11.8 Å². The van der Waals surface area contributed by atoms with Gasteiger partial charge in [-0.25, -0.2) is 0 Å². The second-order valence-corrected chi connectivity index (χ2v) is 7.39. The van der Waals surface area contributed by atoms with Gasteiger partial charge in [0.1, 0.15) is 17.3 Å². The van der Waals surface area contributed by atoms with Crippen LogP contribution in [0.4, 0.5) is 0 Å². The number of amides is 1. The quantitative estimate of drug-likeness (QED) is 0.643. The van der Waals surface area contributed by atoms with Gasteiger partial charge in [-0.1, -0.05) is 6.07 Å². The van der Waals surface area contributed by atoms with Crippen LogP contribution in [0.15, 0.2) is 42.6 Å². The zero-order chi connectivity index (χ0) is 20.2. The molecule has 7 heteroatoms. The summed E-state index contributed by atoms with van der Waals surface area (Å²) in [6, 6.07) is 11.6. The third kappa shape index (κ3) is 4.18. The van der Waals surface area contributed by atoms with Crippen molar-refractivity contribution in [3.63, 3.8) is 0 Å². The van der Waals surface area contributed by atoms with Crippen molar-refractivity contribution in [2.24, 2.45) is 0 Å². The molecular formula is C22H26N4O3. The van der Waals surface area contributed by atoms with Crippen molar-refractivity contribution in [3.8, 4) is 11.5 Å². The number of pyridine rings is 1. The molecule has 0 saturated carbocycles. The summed E-state index contributed by atoms with van der Waals surface area (Å²) < 4.78 is 12.7. The number of benzene rings is 1. The Morgan fingerprint density at radius 3 is 2.69 bits per heavy atom. The lowest BCUT2D eigenvalue weighted by atomic mass is 9.96. The molecule has 1 amide bonds. The van der Waals surface area contributed by atoms with Gasteiger partial charge in [-0.3, -0.25) is 9.20 Å². The van der Waals surface area contributed by atoms with Crippen LogP contribution in [0.3, 0.4) is 0 Å². The first-order chi connectivity index (χ1) is 14.2. The standard InChI is InChI=1S/C22H26N4O3/c1-28-18-12-16(13-19(14-18)29-2)8-9-21(27)25-10-5-6-17(15-25)22-24-23-20-7-3-4-11-26(20)22/h3-4,7,11-14,17H,5-6,8-10,15H2,1-2H3. The van der Waals surface area contributed by atoms with Crippen LogP contribution in [-0.2, 0) is 11.2 Å². The van der Waals surface area contributed by atoms with Crippen LogP contribution in [0.25, 0.3) is 5.65 Å². The van der Waals surface area contributed by atoms with Crippen molar-refractivity contribution in [1.82, 2.24) is 19.5 Å². The fourth-order valence-corrected chi connectivity index (χ4v) is 3.97. The Bertz CT molecular complexity index is 978. The summed E-state index contributed by atoms with van der Waals surface area (Å²) >= 11 is 0. The van der Waals surface area contributed by atoms with E-state index in [0.717, 1.165) is 47.9 Å². The highest BCUT2D eigenvalue weighted by molar-refractivity contribution is 5.76. The summed E-state index contributed by atoms with van der Waals surface area (Å²) in [5, 5.41) is 8.65. The SMILES string of the molecule is COc1cc(CCC(=O)N2CCCC(c3nnc4ccccn34)C2)cc(OC)c1. The lowest BCUT2D eigenvalue weighted by Crippen LogP contribution is -2.39. The van der Waals surface area contributed by atoms with Gasteiger partial charge in [-0.2, -0.15) is 0 Å². The second kappa shape index (κ2) is 8.51. The number of likely N-dealkylation sites (tertiary alicyclic amines) is 1. The van der Waals surface area contributed by atoms with Crippen LogP contribution < -0.4 is 9.47 Å². The lowest BCUT2D eigenvalue weighted by molar-refractivity contribution is -0.132. The largest absolute Gasteiger partial charge is 0.497 e. The molecule has 0 radical (unpaired) electrons. The predicted octanol–water partition coefficient (Wildman–Crippen LogP) is 3.09. The minimum atomic E-state index is 0.172. The fraction of sp³-hybridized carbons (Fsp3) is 0.409. The van der Waals surface area contributed by atoms with Gasteiger partial charge in [0.2, 0.25) is 5.91 Å². The Morgan fingerprint density at radius 2 is 1.93 bits per heavy atom. The first-order valence-electron chi connectivity index (χ1n) is 9.97. The molecule has 1 atom stereocenters. The number of fused-ring (bicyclic) bond motifs is 1. The summed E-state index contributed by atoms with van der Waals surface area (Å²) in [6.45, 7) is 1.49. The minimum absolute atomic E-state index is 0.172. The highest BCUT2D eigenvalue weighted by atomic mass is 16.5. The van der Waals surface area contributed by atoms with E-state index in [4.69, 9.17) is 9.47 Å². The first kappa shape index (κ1) is 19.2. The Hall–Kier alpha value is -3.09. The van der Waals surface area contributed by atoms with E-state index in [9.17, 15) is 4.79 Å². The van der Waals surface area contributed by atoms with Crippen LogP contribution in [0, 0.1) is 0 Å². The smallest absolute Gasteiger partial charge is 0.222 e. The summed E-state index contributed by atoms with van der Waals surface area (Å²) in [5.74, 6) is 2.80. The van der Waals surface area contributed by atoms with Crippen molar-refractivity contribution in [1.29, 1.82) is 0 Å². The number of ether oxygens (including phenoxy) is 2. The molecule has 1 saturated heterocycles. The van der Waals surface area contributed by atoms with Gasteiger partial charge in [-0.15, -0.1) is 10.2 Å². The lowest BCUT2D eigenvalue weighted by Gasteiger charge is -2.32. The van der Waals surface area contributed by atoms with E-state index in [2.05, 4.69) is 10.2 Å². The molecule has 1 unspecified atom stereocenters. The Morgan fingerprint density at radius 1 is 1.14 bits per heavy atom. The number of methoxy groups -OCH3 is 2. The highest BCUT2D eigenvalue weighted by Crippen LogP contribution is 2.27. The first-order valence-corrected chi connectivity index (χ1v) is 9.97. The molecule has 1 aromatic carbocycles. The number of hydrogen-bond donors (Lipinski definition) is 0. The van der Waals surface area contributed by atoms with Crippen molar-refractivity contribution >= 4 is 11.6 Å². The fourth-order valence-electron chi connectivity index (χ4n) is 3.97. The molecule has 2 aromatic heterocycles. The third-order valence-electron chi connectivity index (χ3n) is 5.52. The van der Waals surface area contributed by atoms with Gasteiger partial charge >= 0.3 is 0 Å². The number of piperidine rings is 1. The zero-order valence-electron chi connectivity index (χ0n) is 16.9. The molecule has 0 bridgehead atoms. The predicted molar refractivity (Wildman–Crippen MR) is 109 cm³/mol. The molecule has 1 fully saturated rings. The van der Waals surface area contributed by atoms with Crippen molar-refractivity contribution in [2.45, 2.75) is 31.6 Å². The molecule has 1 aliphatic heterocycles. The van der Waals surface area contributed by atoms with Gasteiger partial charge in [0.05, 0.1) is 14.2 Å². The van der Waals surface area contributed by atoms with Crippen LogP contribution in [-0.4, -0.2) is 52.7 Å². The van der Waals surface area contributed by atoms with E-state index in [1.807, 2.05) is 51.9 Å². The molecular weight excluding hydrogens is 368 g/mol. The minimum Gasteiger partial charge on any atom is -0.497 e. The molecule has 0 N–H and O–H groups in total. The number of carbonyl (C=O) groups is 1. The molecule has 3 heterocycles. The maximum Gasteiger partial charge on any atom is 0.222 e. The maximum atomic E-state index is 12.9. The Kier molecular flexibility index (Phi) is 5.64. The summed E-state index contributed by atoms with van der Waals surface area (Å²) in [6.07, 6.45) is 5.10. The van der Waals surface area contributed by atoms with E-state index < -0.39 is 0 Å². The van der Waals surface area contributed by atoms with Crippen LogP contribution >= 0.6 is 0 Å². The maximum absolute atomic E-state index is 12.9. The molecule has 7 nitrogen and oxygen atoms in total. The van der Waals surface area contributed by atoms with E-state index in [1.165, 1.54) is 0 Å².